The van der Waals surface area contributed by atoms with Gasteiger partial charge in [0.2, 0.25) is 10.0 Å². The minimum Gasteiger partial charge on any atom is -0.326 e. The number of nitrogens with two attached hydrogens (primary N) is 1. The van der Waals surface area contributed by atoms with E-state index in [1.54, 1.807) is 18.3 Å². The van der Waals surface area contributed by atoms with Crippen LogP contribution < -0.4 is 5.73 Å². The second kappa shape index (κ2) is 5.07. The topological polar surface area (TPSA) is 100 Å². The number of aromatic nitrogens is 1. The van der Waals surface area contributed by atoms with Gasteiger partial charge in [0.1, 0.15) is 6.07 Å². The normalized spacial score (nSPS) is 19.7. The summed E-state index contributed by atoms with van der Waals surface area (Å²) < 4.78 is 27.0. The average Bonchev–Trinajstić information content (AvgIpc) is 2.93. The standard InChI is InChI=1S/C14H14N4O2S/c15-6-11-8-17-7-10-2-1-3-13(14(10)11)21(19,20)18-5-4-12(16)9-18/h1-3,7-8,12H,4-5,9,16H2. The van der Waals surface area contributed by atoms with Crippen molar-refractivity contribution < 1.29 is 8.42 Å². The summed E-state index contributed by atoms with van der Waals surface area (Å²) in [6.07, 6.45) is 3.60. The maximum Gasteiger partial charge on any atom is 0.243 e. The van der Waals surface area contributed by atoms with E-state index < -0.39 is 10.0 Å². The summed E-state index contributed by atoms with van der Waals surface area (Å²) in [5.41, 5.74) is 6.06. The van der Waals surface area contributed by atoms with E-state index in [4.69, 9.17) is 5.73 Å². The Morgan fingerprint density at radius 1 is 1.38 bits per heavy atom. The molecule has 1 aromatic carbocycles. The van der Waals surface area contributed by atoms with Gasteiger partial charge >= 0.3 is 0 Å². The second-order valence-electron chi connectivity index (χ2n) is 5.06. The molecule has 0 saturated carbocycles. The first kappa shape index (κ1) is 13.9. The molecule has 1 saturated heterocycles. The monoisotopic (exact) mass is 302 g/mol. The van der Waals surface area contributed by atoms with Gasteiger partial charge in [0.25, 0.3) is 0 Å². The van der Waals surface area contributed by atoms with Crippen LogP contribution in [0.5, 0.6) is 0 Å². The molecule has 0 radical (unpaired) electrons. The van der Waals surface area contributed by atoms with Crippen molar-refractivity contribution in [3.05, 3.63) is 36.2 Å². The number of benzene rings is 1. The van der Waals surface area contributed by atoms with Gasteiger partial charge in [-0.05, 0) is 12.5 Å². The molecule has 0 bridgehead atoms. The maximum atomic E-state index is 12.8. The third-order valence-electron chi connectivity index (χ3n) is 3.67. The van der Waals surface area contributed by atoms with Gasteiger partial charge < -0.3 is 5.73 Å². The summed E-state index contributed by atoms with van der Waals surface area (Å²) >= 11 is 0. The highest BCUT2D eigenvalue weighted by Crippen LogP contribution is 2.29. The molecule has 1 aliphatic heterocycles. The van der Waals surface area contributed by atoms with Gasteiger partial charge in [-0.25, -0.2) is 8.42 Å². The first-order valence-corrected chi connectivity index (χ1v) is 8.00. The van der Waals surface area contributed by atoms with Gasteiger partial charge in [-0.15, -0.1) is 0 Å². The summed E-state index contributed by atoms with van der Waals surface area (Å²) in [5, 5.41) is 10.3. The summed E-state index contributed by atoms with van der Waals surface area (Å²) in [4.78, 5) is 4.11. The van der Waals surface area contributed by atoms with Crippen molar-refractivity contribution in [2.45, 2.75) is 17.4 Å². The molecular formula is C14H14N4O2S. The van der Waals surface area contributed by atoms with Crippen molar-refractivity contribution >= 4 is 20.8 Å². The zero-order valence-electron chi connectivity index (χ0n) is 11.2. The summed E-state index contributed by atoms with van der Waals surface area (Å²) in [5.74, 6) is 0. The molecule has 7 heteroatoms. The number of hydrogen-bond acceptors (Lipinski definition) is 5. The fourth-order valence-corrected chi connectivity index (χ4v) is 4.36. The predicted molar refractivity (Wildman–Crippen MR) is 77.8 cm³/mol. The van der Waals surface area contributed by atoms with Crippen LogP contribution >= 0.6 is 0 Å². The number of pyridine rings is 1. The Morgan fingerprint density at radius 3 is 2.86 bits per heavy atom. The van der Waals surface area contributed by atoms with E-state index >= 15 is 0 Å². The van der Waals surface area contributed by atoms with E-state index in [1.165, 1.54) is 16.6 Å². The largest absolute Gasteiger partial charge is 0.326 e. The molecule has 0 aliphatic carbocycles. The number of nitriles is 1. The molecular weight excluding hydrogens is 288 g/mol. The van der Waals surface area contributed by atoms with Gasteiger partial charge in [-0.3, -0.25) is 4.98 Å². The van der Waals surface area contributed by atoms with Crippen LogP contribution in [0.1, 0.15) is 12.0 Å². The second-order valence-corrected chi connectivity index (χ2v) is 6.97. The fraction of sp³-hybridized carbons (Fsp3) is 0.286. The quantitative estimate of drug-likeness (QED) is 0.885. The molecule has 1 aliphatic rings. The summed E-state index contributed by atoms with van der Waals surface area (Å²) in [7, 11) is -3.66. The van der Waals surface area contributed by atoms with Crippen molar-refractivity contribution in [1.29, 1.82) is 5.26 Å². The highest BCUT2D eigenvalue weighted by atomic mass is 32.2. The highest BCUT2D eigenvalue weighted by molar-refractivity contribution is 7.89. The lowest BCUT2D eigenvalue weighted by atomic mass is 10.1. The van der Waals surface area contributed by atoms with Crippen molar-refractivity contribution in [3.8, 4) is 6.07 Å². The average molecular weight is 302 g/mol. The number of rotatable bonds is 2. The first-order chi connectivity index (χ1) is 10.0. The Labute approximate surface area is 122 Å². The maximum absolute atomic E-state index is 12.8. The molecule has 0 spiro atoms. The Hall–Kier alpha value is -2.01. The minimum absolute atomic E-state index is 0.133. The van der Waals surface area contributed by atoms with Crippen molar-refractivity contribution in [1.82, 2.24) is 9.29 Å². The molecule has 1 aromatic heterocycles. The van der Waals surface area contributed by atoms with Crippen LogP contribution in [0.15, 0.2) is 35.5 Å². The Balaban J connectivity index is 2.23. The molecule has 1 fully saturated rings. The molecule has 3 rings (SSSR count). The zero-order valence-corrected chi connectivity index (χ0v) is 12.0. The highest BCUT2D eigenvalue weighted by Gasteiger charge is 2.32. The first-order valence-electron chi connectivity index (χ1n) is 6.56. The Bertz CT molecular complexity index is 836. The van der Waals surface area contributed by atoms with Crippen molar-refractivity contribution in [2.24, 2.45) is 5.73 Å². The van der Waals surface area contributed by atoms with Gasteiger partial charge in [0.05, 0.1) is 10.5 Å². The van der Waals surface area contributed by atoms with Crippen LogP contribution in [-0.4, -0.2) is 36.8 Å². The number of sulfonamides is 1. The third kappa shape index (κ3) is 2.27. The van der Waals surface area contributed by atoms with Crippen LogP contribution in [0.3, 0.4) is 0 Å². The van der Waals surface area contributed by atoms with Crippen LogP contribution in [0.4, 0.5) is 0 Å². The molecule has 21 heavy (non-hydrogen) atoms. The van der Waals surface area contributed by atoms with E-state index in [2.05, 4.69) is 4.98 Å². The van der Waals surface area contributed by atoms with E-state index in [0.29, 0.717) is 30.3 Å². The zero-order chi connectivity index (χ0) is 15.0. The minimum atomic E-state index is -3.66. The molecule has 6 nitrogen and oxygen atoms in total. The Kier molecular flexibility index (Phi) is 3.37. The van der Waals surface area contributed by atoms with E-state index in [1.807, 2.05) is 6.07 Å². The van der Waals surface area contributed by atoms with E-state index in [-0.39, 0.29) is 16.5 Å². The molecule has 2 aromatic rings. The lowest BCUT2D eigenvalue weighted by Gasteiger charge is -2.17. The van der Waals surface area contributed by atoms with Gasteiger partial charge in [-0.2, -0.15) is 9.57 Å². The fourth-order valence-electron chi connectivity index (χ4n) is 2.61. The van der Waals surface area contributed by atoms with Gasteiger partial charge in [0.15, 0.2) is 0 Å². The third-order valence-corrected chi connectivity index (χ3v) is 5.58. The molecule has 108 valence electrons. The van der Waals surface area contributed by atoms with Crippen molar-refractivity contribution in [2.75, 3.05) is 13.1 Å². The number of fused-ring (bicyclic) bond motifs is 1. The summed E-state index contributed by atoms with van der Waals surface area (Å²) in [6, 6.07) is 6.82. The molecule has 1 atom stereocenters. The van der Waals surface area contributed by atoms with Crippen LogP contribution in [-0.2, 0) is 10.0 Å². The van der Waals surface area contributed by atoms with Gasteiger partial charge in [0, 0.05) is 42.3 Å². The van der Waals surface area contributed by atoms with Crippen LogP contribution in [0.2, 0.25) is 0 Å². The predicted octanol–water partition coefficient (Wildman–Crippen LogP) is 0.828. The Morgan fingerprint density at radius 2 is 2.19 bits per heavy atom. The summed E-state index contributed by atoms with van der Waals surface area (Å²) in [6.45, 7) is 0.721. The lowest BCUT2D eigenvalue weighted by Crippen LogP contribution is -2.32. The van der Waals surface area contributed by atoms with E-state index in [9.17, 15) is 13.7 Å². The van der Waals surface area contributed by atoms with E-state index in [0.717, 1.165) is 0 Å². The molecule has 0 amide bonds. The smallest absolute Gasteiger partial charge is 0.243 e. The van der Waals surface area contributed by atoms with Crippen LogP contribution in [0.25, 0.3) is 10.8 Å². The molecule has 2 N–H and O–H groups in total. The van der Waals surface area contributed by atoms with Crippen LogP contribution in [0, 0.1) is 11.3 Å². The lowest BCUT2D eigenvalue weighted by molar-refractivity contribution is 0.473. The molecule has 2 heterocycles. The number of hydrogen-bond donors (Lipinski definition) is 1. The number of nitrogens with zero attached hydrogens (tertiary/aromatic N) is 3. The SMILES string of the molecule is N#Cc1cncc2cccc(S(=O)(=O)N3CCC(N)C3)c12. The molecule has 1 unspecified atom stereocenters. The van der Waals surface area contributed by atoms with Gasteiger partial charge in [-0.1, -0.05) is 12.1 Å². The van der Waals surface area contributed by atoms with Crippen molar-refractivity contribution in [3.63, 3.8) is 0 Å².